The fourth-order valence-corrected chi connectivity index (χ4v) is 7.86. The van der Waals surface area contributed by atoms with Gasteiger partial charge in [0.25, 0.3) is 0 Å². The van der Waals surface area contributed by atoms with Crippen molar-refractivity contribution in [3.8, 4) is 0 Å². The Balaban J connectivity index is 1.89. The van der Waals surface area contributed by atoms with Crippen LogP contribution in [0.15, 0.2) is 42.9 Å². The summed E-state index contributed by atoms with van der Waals surface area (Å²) in [6.45, 7) is 11.3. The first-order chi connectivity index (χ1) is 24.1. The highest BCUT2D eigenvalue weighted by Gasteiger charge is 2.37. The molecule has 1 heterocycles. The van der Waals surface area contributed by atoms with Crippen LogP contribution in [0.4, 0.5) is 0 Å². The van der Waals surface area contributed by atoms with Gasteiger partial charge in [-0.15, -0.1) is 0 Å². The predicted octanol–water partition coefficient (Wildman–Crippen LogP) is 5.11. The Morgan fingerprint density at radius 1 is 0.922 bits per heavy atom. The number of amides is 3. The number of ketones is 1. The lowest BCUT2D eigenvalue weighted by Crippen LogP contribution is -2.55. The van der Waals surface area contributed by atoms with Crippen LogP contribution in [0.25, 0.3) is 0 Å². The second kappa shape index (κ2) is 19.9. The monoisotopic (exact) mass is 727 g/mol. The molecule has 0 spiro atoms. The Bertz CT molecular complexity index is 1500. The van der Waals surface area contributed by atoms with Crippen LogP contribution in [-0.4, -0.2) is 71.0 Å². The van der Waals surface area contributed by atoms with Crippen molar-refractivity contribution in [1.82, 2.24) is 25.9 Å². The first-order valence-corrected chi connectivity index (χ1v) is 20.4. The minimum atomic E-state index is -3.70. The molecule has 4 atom stereocenters. The molecule has 0 saturated heterocycles. The zero-order valence-corrected chi connectivity index (χ0v) is 32.3. The smallest absolute Gasteiger partial charge is 0.243 e. The van der Waals surface area contributed by atoms with E-state index >= 15 is 0 Å². The van der Waals surface area contributed by atoms with Crippen molar-refractivity contribution >= 4 is 33.3 Å². The van der Waals surface area contributed by atoms with Gasteiger partial charge >= 0.3 is 0 Å². The number of aromatic nitrogens is 2. The maximum absolute atomic E-state index is 14.2. The summed E-state index contributed by atoms with van der Waals surface area (Å²) in [6, 6.07) is 7.22. The van der Waals surface area contributed by atoms with Crippen LogP contribution in [0.2, 0.25) is 0 Å². The van der Waals surface area contributed by atoms with E-state index in [9.17, 15) is 27.6 Å². The van der Waals surface area contributed by atoms with Gasteiger partial charge in [-0.2, -0.15) is 0 Å². The standard InChI is InChI=1S/C39H61N5O6S/c1-7-8-19-41-37(47)32(27(2)3)23-35(45)33(21-29-17-13-10-14-18-29)43-38(48)34(22-31-24-40-26-42-31)44-36(46)30(20-28-15-11-9-12-16-28)25-51(49,50)39(4,5)6/h9,11-12,15-16,24,26-27,29-30,32-34H,7-8,10,13-14,17-23,25H2,1-6H3,(H,40,42)(H,41,47)(H,43,48)(H,44,46)/t30-,32+,33+,34+/m1/s1. The molecule has 51 heavy (non-hydrogen) atoms. The van der Waals surface area contributed by atoms with Crippen LogP contribution < -0.4 is 16.0 Å². The molecule has 1 aromatic carbocycles. The lowest BCUT2D eigenvalue weighted by Gasteiger charge is -2.30. The van der Waals surface area contributed by atoms with E-state index in [4.69, 9.17) is 0 Å². The molecule has 1 aromatic heterocycles. The molecule has 1 fully saturated rings. The highest BCUT2D eigenvalue weighted by atomic mass is 32.2. The number of benzene rings is 1. The summed E-state index contributed by atoms with van der Waals surface area (Å²) < 4.78 is 25.6. The molecule has 1 aliphatic carbocycles. The first kappa shape index (κ1) is 41.9. The largest absolute Gasteiger partial charge is 0.356 e. The van der Waals surface area contributed by atoms with Gasteiger partial charge in [-0.25, -0.2) is 13.4 Å². The molecule has 0 bridgehead atoms. The van der Waals surface area contributed by atoms with Crippen molar-refractivity contribution in [1.29, 1.82) is 0 Å². The Hall–Kier alpha value is -3.54. The number of H-pyrrole nitrogens is 1. The highest BCUT2D eigenvalue weighted by molar-refractivity contribution is 7.92. The first-order valence-electron chi connectivity index (χ1n) is 18.8. The normalized spacial score (nSPS) is 16.5. The number of nitrogens with zero attached hydrogens (tertiary/aromatic N) is 1. The molecule has 0 unspecified atom stereocenters. The summed E-state index contributed by atoms with van der Waals surface area (Å²) in [6.07, 6.45) is 10.7. The molecule has 3 rings (SSSR count). The number of carbonyl (C=O) groups excluding carboxylic acids is 4. The zero-order chi connectivity index (χ0) is 37.6. The maximum Gasteiger partial charge on any atom is 0.243 e. The second-order valence-electron chi connectivity index (χ2n) is 15.6. The maximum atomic E-state index is 14.2. The third-order valence-corrected chi connectivity index (χ3v) is 12.7. The van der Waals surface area contributed by atoms with Crippen LogP contribution in [0.1, 0.15) is 111 Å². The van der Waals surface area contributed by atoms with Crippen molar-refractivity contribution in [2.75, 3.05) is 12.3 Å². The molecular formula is C39H61N5O6S. The molecule has 3 amide bonds. The summed E-state index contributed by atoms with van der Waals surface area (Å²) in [5.74, 6) is -3.22. The van der Waals surface area contributed by atoms with Crippen LogP contribution >= 0.6 is 0 Å². The van der Waals surface area contributed by atoms with Gasteiger partial charge in [0.05, 0.1) is 34.5 Å². The van der Waals surface area contributed by atoms with Crippen molar-refractivity contribution in [3.63, 3.8) is 0 Å². The Labute approximate surface area is 305 Å². The van der Waals surface area contributed by atoms with Gasteiger partial charge in [0.15, 0.2) is 15.6 Å². The number of nitrogens with one attached hydrogen (secondary N) is 4. The van der Waals surface area contributed by atoms with E-state index in [1.165, 1.54) is 6.33 Å². The van der Waals surface area contributed by atoms with Gasteiger partial charge in [-0.3, -0.25) is 19.2 Å². The van der Waals surface area contributed by atoms with Crippen molar-refractivity contribution in [2.45, 2.75) is 129 Å². The molecule has 1 aliphatic rings. The van der Waals surface area contributed by atoms with Gasteiger partial charge in [-0.1, -0.05) is 89.6 Å². The number of Topliss-reactive ketones (excluding diaryl/α,β-unsaturated/α-hetero) is 1. The molecule has 284 valence electrons. The van der Waals surface area contributed by atoms with Crippen LogP contribution in [0.5, 0.6) is 0 Å². The van der Waals surface area contributed by atoms with Crippen molar-refractivity contribution < 1.29 is 27.6 Å². The van der Waals surface area contributed by atoms with E-state index in [-0.39, 0.29) is 42.8 Å². The van der Waals surface area contributed by atoms with Crippen molar-refractivity contribution in [3.05, 3.63) is 54.1 Å². The molecule has 4 N–H and O–H groups in total. The molecular weight excluding hydrogens is 667 g/mol. The fourth-order valence-electron chi connectivity index (χ4n) is 6.56. The number of rotatable bonds is 20. The molecule has 1 saturated carbocycles. The predicted molar refractivity (Wildman–Crippen MR) is 200 cm³/mol. The number of sulfone groups is 1. The number of hydrogen-bond donors (Lipinski definition) is 4. The van der Waals surface area contributed by atoms with E-state index in [0.29, 0.717) is 18.7 Å². The summed E-state index contributed by atoms with van der Waals surface area (Å²) in [7, 11) is -3.70. The number of aromatic amines is 1. The van der Waals surface area contributed by atoms with Crippen LogP contribution in [0.3, 0.4) is 0 Å². The van der Waals surface area contributed by atoms with E-state index in [2.05, 4.69) is 25.9 Å². The Morgan fingerprint density at radius 3 is 2.18 bits per heavy atom. The Morgan fingerprint density at radius 2 is 1.59 bits per heavy atom. The third kappa shape index (κ3) is 13.5. The molecule has 0 aliphatic heterocycles. The number of hydrogen-bond acceptors (Lipinski definition) is 7. The summed E-state index contributed by atoms with van der Waals surface area (Å²) in [4.78, 5) is 62.6. The quantitative estimate of drug-likeness (QED) is 0.138. The molecule has 12 heteroatoms. The van der Waals surface area contributed by atoms with Gasteiger partial charge in [0.2, 0.25) is 17.7 Å². The summed E-state index contributed by atoms with van der Waals surface area (Å²) >= 11 is 0. The minimum Gasteiger partial charge on any atom is -0.356 e. The average Bonchev–Trinajstić information content (AvgIpc) is 3.59. The summed E-state index contributed by atoms with van der Waals surface area (Å²) in [5.41, 5.74) is 1.32. The fraction of sp³-hybridized carbons (Fsp3) is 0.667. The SMILES string of the molecule is CCCCNC(=O)[C@@H](CC(=O)[C@H](CC1CCCCC1)NC(=O)[C@H](Cc1c[nH]cn1)NC(=O)[C@H](Cc1ccccc1)CS(=O)(=O)C(C)(C)C)C(C)C. The third-order valence-electron chi connectivity index (χ3n) is 10.0. The van der Waals surface area contributed by atoms with Gasteiger partial charge in [-0.05, 0) is 57.4 Å². The number of imidazole rings is 1. The lowest BCUT2D eigenvalue weighted by atomic mass is 9.81. The minimum absolute atomic E-state index is 0.00645. The number of unbranched alkanes of at least 4 members (excludes halogenated alkanes) is 1. The van der Waals surface area contributed by atoms with E-state index in [1.54, 1.807) is 27.0 Å². The molecule has 2 aromatic rings. The van der Waals surface area contributed by atoms with E-state index < -0.39 is 56.1 Å². The second-order valence-corrected chi connectivity index (χ2v) is 18.4. The van der Waals surface area contributed by atoms with E-state index in [1.807, 2.05) is 51.1 Å². The molecule has 0 radical (unpaired) electrons. The zero-order valence-electron chi connectivity index (χ0n) is 31.5. The van der Waals surface area contributed by atoms with E-state index in [0.717, 1.165) is 50.5 Å². The van der Waals surface area contributed by atoms with Crippen LogP contribution in [0, 0.1) is 23.7 Å². The van der Waals surface area contributed by atoms with Crippen molar-refractivity contribution in [2.24, 2.45) is 23.7 Å². The lowest BCUT2D eigenvalue weighted by molar-refractivity contribution is -0.134. The average molecular weight is 728 g/mol. The molecule has 11 nitrogen and oxygen atoms in total. The van der Waals surface area contributed by atoms with Gasteiger partial charge in [0, 0.05) is 31.5 Å². The van der Waals surface area contributed by atoms with Gasteiger partial charge in [0.1, 0.15) is 6.04 Å². The van der Waals surface area contributed by atoms with Gasteiger partial charge < -0.3 is 20.9 Å². The highest BCUT2D eigenvalue weighted by Crippen LogP contribution is 2.29. The van der Waals surface area contributed by atoms with Crippen LogP contribution in [-0.2, 0) is 41.9 Å². The topological polar surface area (TPSA) is 167 Å². The Kier molecular flexibility index (Phi) is 16.3. The number of carbonyl (C=O) groups is 4. The summed E-state index contributed by atoms with van der Waals surface area (Å²) in [5, 5.41) is 8.82.